The van der Waals surface area contributed by atoms with E-state index in [9.17, 15) is 4.79 Å². The molecule has 2 aromatic rings. The zero-order valence-corrected chi connectivity index (χ0v) is 13.2. The Morgan fingerprint density at radius 2 is 2.06 bits per heavy atom. The molecule has 0 aliphatic carbocycles. The highest BCUT2D eigenvalue weighted by Gasteiger charge is 1.99. The zero-order valence-electron chi connectivity index (χ0n) is 9.19. The first-order valence-electron chi connectivity index (χ1n) is 5.13. The maximum atomic E-state index is 11.7. The number of anilines is 1. The summed E-state index contributed by atoms with van der Waals surface area (Å²) in [5, 5.41) is 2.80. The van der Waals surface area contributed by atoms with Crippen molar-refractivity contribution in [2.45, 2.75) is 0 Å². The Hall–Kier alpha value is -0.910. The molecule has 0 bridgehead atoms. The van der Waals surface area contributed by atoms with Gasteiger partial charge in [0.25, 0.3) is 0 Å². The van der Waals surface area contributed by atoms with Crippen LogP contribution in [0.4, 0.5) is 5.69 Å². The molecule has 5 heteroatoms. The van der Waals surface area contributed by atoms with Crippen molar-refractivity contribution in [3.8, 4) is 0 Å². The Bertz CT molecular complexity index is 592. The molecule has 0 fully saturated rings. The normalized spacial score (nSPS) is 10.8. The number of rotatable bonds is 3. The third-order valence-electron chi connectivity index (χ3n) is 2.09. The molecule has 0 saturated heterocycles. The quantitative estimate of drug-likeness (QED) is 0.744. The molecule has 2 nitrogen and oxygen atoms in total. The van der Waals surface area contributed by atoms with Crippen molar-refractivity contribution in [1.82, 2.24) is 0 Å². The first-order valence-corrected chi connectivity index (χ1v) is 7.54. The van der Waals surface area contributed by atoms with Gasteiger partial charge in [-0.3, -0.25) is 4.79 Å². The van der Waals surface area contributed by atoms with Gasteiger partial charge in [-0.2, -0.15) is 0 Å². The van der Waals surface area contributed by atoms with Crippen molar-refractivity contribution in [1.29, 1.82) is 0 Å². The Kier molecular flexibility index (Phi) is 4.74. The van der Waals surface area contributed by atoms with Gasteiger partial charge in [-0.1, -0.05) is 22.0 Å². The lowest BCUT2D eigenvalue weighted by Gasteiger charge is -2.01. The van der Waals surface area contributed by atoms with Crippen LogP contribution in [0, 0.1) is 0 Å². The van der Waals surface area contributed by atoms with Gasteiger partial charge < -0.3 is 5.32 Å². The van der Waals surface area contributed by atoms with Crippen LogP contribution < -0.4 is 5.32 Å². The van der Waals surface area contributed by atoms with Crippen LogP contribution >= 0.6 is 43.2 Å². The Balaban J connectivity index is 1.98. The summed E-state index contributed by atoms with van der Waals surface area (Å²) in [6.45, 7) is 0. The molecule has 0 unspecified atom stereocenters. The Morgan fingerprint density at radius 3 is 2.72 bits per heavy atom. The van der Waals surface area contributed by atoms with Gasteiger partial charge in [-0.25, -0.2) is 0 Å². The van der Waals surface area contributed by atoms with Gasteiger partial charge in [-0.05, 0) is 52.3 Å². The molecular weight excluding hydrogens is 378 g/mol. The van der Waals surface area contributed by atoms with Crippen molar-refractivity contribution < 1.29 is 4.79 Å². The van der Waals surface area contributed by atoms with Crippen LogP contribution in [0.25, 0.3) is 6.08 Å². The number of carbonyl (C=O) groups excluding carboxylic acids is 1. The maximum Gasteiger partial charge on any atom is 0.248 e. The highest BCUT2D eigenvalue weighted by molar-refractivity contribution is 9.11. The molecule has 0 radical (unpaired) electrons. The number of carbonyl (C=O) groups is 1. The summed E-state index contributed by atoms with van der Waals surface area (Å²) < 4.78 is 1.99. The van der Waals surface area contributed by atoms with Gasteiger partial charge in [0.15, 0.2) is 0 Å². The summed E-state index contributed by atoms with van der Waals surface area (Å²) in [5.74, 6) is -0.141. The van der Waals surface area contributed by atoms with E-state index in [1.165, 1.54) is 6.08 Å². The summed E-state index contributed by atoms with van der Waals surface area (Å²) in [5.41, 5.74) is 0.770. The first kappa shape index (κ1) is 13.5. The van der Waals surface area contributed by atoms with Crippen molar-refractivity contribution in [3.63, 3.8) is 0 Å². The lowest BCUT2D eigenvalue weighted by molar-refractivity contribution is -0.111. The maximum absolute atomic E-state index is 11.7. The molecule has 0 atom stereocenters. The van der Waals surface area contributed by atoms with Crippen LogP contribution in [0.5, 0.6) is 0 Å². The predicted molar refractivity (Wildman–Crippen MR) is 83.8 cm³/mol. The molecule has 0 aliphatic heterocycles. The highest BCUT2D eigenvalue weighted by Crippen LogP contribution is 2.23. The molecule has 18 heavy (non-hydrogen) atoms. The molecule has 2 rings (SSSR count). The fourth-order valence-corrected chi connectivity index (χ4v) is 3.05. The van der Waals surface area contributed by atoms with E-state index in [0.717, 1.165) is 18.8 Å². The Labute approximate surface area is 126 Å². The fourth-order valence-electron chi connectivity index (χ4n) is 1.33. The molecule has 1 heterocycles. The number of nitrogens with one attached hydrogen (secondary N) is 1. The molecule has 0 aliphatic rings. The molecule has 1 N–H and O–H groups in total. The minimum Gasteiger partial charge on any atom is -0.322 e. The second kappa shape index (κ2) is 6.31. The SMILES string of the molecule is O=C(/C=C/c1ccc(Br)s1)Nc1cccc(Br)c1. The van der Waals surface area contributed by atoms with Gasteiger partial charge >= 0.3 is 0 Å². The van der Waals surface area contributed by atoms with Gasteiger partial charge in [-0.15, -0.1) is 11.3 Å². The van der Waals surface area contributed by atoms with E-state index in [1.54, 1.807) is 17.4 Å². The number of thiophene rings is 1. The smallest absolute Gasteiger partial charge is 0.248 e. The largest absolute Gasteiger partial charge is 0.322 e. The Morgan fingerprint density at radius 1 is 1.22 bits per heavy atom. The lowest BCUT2D eigenvalue weighted by atomic mass is 10.3. The number of amides is 1. The van der Waals surface area contributed by atoms with E-state index >= 15 is 0 Å². The summed E-state index contributed by atoms with van der Waals surface area (Å²) >= 11 is 8.32. The number of hydrogen-bond acceptors (Lipinski definition) is 2. The third-order valence-corrected chi connectivity index (χ3v) is 4.17. The second-order valence-corrected chi connectivity index (χ2v) is 6.89. The van der Waals surface area contributed by atoms with Gasteiger partial charge in [0.1, 0.15) is 0 Å². The van der Waals surface area contributed by atoms with E-state index in [1.807, 2.05) is 36.4 Å². The van der Waals surface area contributed by atoms with Crippen LogP contribution in [0.15, 0.2) is 50.7 Å². The van der Waals surface area contributed by atoms with Crippen molar-refractivity contribution in [2.75, 3.05) is 5.32 Å². The van der Waals surface area contributed by atoms with Crippen molar-refractivity contribution in [3.05, 3.63) is 55.6 Å². The number of benzene rings is 1. The topological polar surface area (TPSA) is 29.1 Å². The van der Waals surface area contributed by atoms with Crippen LogP contribution in [-0.2, 0) is 4.79 Å². The molecule has 92 valence electrons. The second-order valence-electron chi connectivity index (χ2n) is 3.47. The van der Waals surface area contributed by atoms with Crippen LogP contribution in [0.2, 0.25) is 0 Å². The van der Waals surface area contributed by atoms with E-state index in [4.69, 9.17) is 0 Å². The zero-order chi connectivity index (χ0) is 13.0. The highest BCUT2D eigenvalue weighted by atomic mass is 79.9. The molecule has 1 aromatic heterocycles. The molecule has 0 saturated carbocycles. The first-order chi connectivity index (χ1) is 8.63. The van der Waals surface area contributed by atoms with Crippen molar-refractivity contribution >= 4 is 60.9 Å². The summed E-state index contributed by atoms with van der Waals surface area (Å²) in [7, 11) is 0. The molecular formula is C13H9Br2NOS. The summed E-state index contributed by atoms with van der Waals surface area (Å²) in [6, 6.07) is 11.4. The van der Waals surface area contributed by atoms with Crippen LogP contribution in [0.1, 0.15) is 4.88 Å². The van der Waals surface area contributed by atoms with Crippen LogP contribution in [0.3, 0.4) is 0 Å². The average molecular weight is 387 g/mol. The van der Waals surface area contributed by atoms with Crippen molar-refractivity contribution in [2.24, 2.45) is 0 Å². The third kappa shape index (κ3) is 4.08. The van der Waals surface area contributed by atoms with E-state index < -0.39 is 0 Å². The summed E-state index contributed by atoms with van der Waals surface area (Å²) in [6.07, 6.45) is 3.32. The molecule has 0 spiro atoms. The van der Waals surface area contributed by atoms with E-state index in [-0.39, 0.29) is 5.91 Å². The molecule has 1 aromatic carbocycles. The lowest BCUT2D eigenvalue weighted by Crippen LogP contribution is -2.07. The molecule has 1 amide bonds. The predicted octanol–water partition coefficient (Wildman–Crippen LogP) is 4.93. The van der Waals surface area contributed by atoms with Gasteiger partial charge in [0.05, 0.1) is 3.79 Å². The number of halogens is 2. The van der Waals surface area contributed by atoms with E-state index in [2.05, 4.69) is 37.2 Å². The number of hydrogen-bond donors (Lipinski definition) is 1. The van der Waals surface area contributed by atoms with Gasteiger partial charge in [0, 0.05) is 21.1 Å². The van der Waals surface area contributed by atoms with Gasteiger partial charge in [0.2, 0.25) is 5.91 Å². The minimum atomic E-state index is -0.141. The summed E-state index contributed by atoms with van der Waals surface area (Å²) in [4.78, 5) is 12.7. The fraction of sp³-hybridized carbons (Fsp3) is 0. The van der Waals surface area contributed by atoms with E-state index in [0.29, 0.717) is 0 Å². The average Bonchev–Trinajstić information content (AvgIpc) is 2.73. The van der Waals surface area contributed by atoms with Crippen LogP contribution in [-0.4, -0.2) is 5.91 Å². The monoisotopic (exact) mass is 385 g/mol. The minimum absolute atomic E-state index is 0.141. The standard InChI is InChI=1S/C13H9Br2NOS/c14-9-2-1-3-10(8-9)16-13(17)7-5-11-4-6-12(15)18-11/h1-8H,(H,16,17)/b7-5+.